The Bertz CT molecular complexity index is 708. The topological polar surface area (TPSA) is 25.4 Å². The number of aromatic nitrogens is 1. The van der Waals surface area contributed by atoms with E-state index in [0.29, 0.717) is 24.6 Å². The van der Waals surface area contributed by atoms with Crippen LogP contribution in [-0.2, 0) is 6.54 Å². The third-order valence-corrected chi connectivity index (χ3v) is 5.15. The van der Waals surface area contributed by atoms with Crippen molar-refractivity contribution in [3.05, 3.63) is 65.9 Å². The molecule has 1 saturated heterocycles. The summed E-state index contributed by atoms with van der Waals surface area (Å²) in [6, 6.07) is 16.2. The molecule has 3 heterocycles. The van der Waals surface area contributed by atoms with E-state index in [-0.39, 0.29) is 0 Å². The minimum absolute atomic E-state index is 0.561. The van der Waals surface area contributed by atoms with Gasteiger partial charge in [-0.2, -0.15) is 0 Å². The van der Waals surface area contributed by atoms with Crippen LogP contribution < -0.4 is 4.74 Å². The van der Waals surface area contributed by atoms with E-state index in [1.54, 1.807) is 0 Å². The Morgan fingerprint density at radius 1 is 1.12 bits per heavy atom. The maximum absolute atomic E-state index is 5.45. The van der Waals surface area contributed by atoms with Crippen LogP contribution in [-0.4, -0.2) is 28.6 Å². The Hall–Kier alpha value is -2.13. The van der Waals surface area contributed by atoms with Crippen LogP contribution in [0.25, 0.3) is 5.57 Å². The van der Waals surface area contributed by atoms with Crippen molar-refractivity contribution in [3.63, 3.8) is 0 Å². The third kappa shape index (κ3) is 3.09. The van der Waals surface area contributed by atoms with Crippen LogP contribution in [0.4, 0.5) is 0 Å². The van der Waals surface area contributed by atoms with Gasteiger partial charge in [0, 0.05) is 30.9 Å². The Balaban J connectivity index is 1.51. The molecule has 24 heavy (non-hydrogen) atoms. The lowest BCUT2D eigenvalue weighted by Gasteiger charge is -2.34. The second-order valence-corrected chi connectivity index (χ2v) is 6.67. The molecule has 1 fully saturated rings. The Kier molecular flexibility index (Phi) is 4.35. The first-order valence-electron chi connectivity index (χ1n) is 8.93. The van der Waals surface area contributed by atoms with Crippen molar-refractivity contribution >= 4 is 5.57 Å². The smallest absolute Gasteiger partial charge is 0.213 e. The van der Waals surface area contributed by atoms with E-state index in [1.807, 2.05) is 19.2 Å². The number of pyridine rings is 1. The lowest BCUT2D eigenvalue weighted by molar-refractivity contribution is 0.203. The van der Waals surface area contributed by atoms with Crippen LogP contribution in [0.1, 0.15) is 37.3 Å². The number of ether oxygens (including phenoxy) is 1. The number of fused-ring (bicyclic) bond motifs is 2. The highest BCUT2D eigenvalue weighted by Gasteiger charge is 2.36. The van der Waals surface area contributed by atoms with E-state index in [0.717, 1.165) is 13.0 Å². The fourth-order valence-corrected chi connectivity index (χ4v) is 3.98. The number of benzene rings is 1. The zero-order valence-electron chi connectivity index (χ0n) is 14.2. The molecule has 4 rings (SSSR count). The molecule has 3 nitrogen and oxygen atoms in total. The standard InChI is InChI=1S/C21H24N2O/c1-2-24-21-11-8-17(14-22-21)18-12-19-9-10-20(13-18)23(19)15-16-6-4-3-5-7-16/h3-8,11-12,14,19-20H,2,9-10,13,15H2,1H3. The number of hydrogen-bond donors (Lipinski definition) is 0. The molecule has 2 aliphatic rings. The van der Waals surface area contributed by atoms with Gasteiger partial charge in [-0.1, -0.05) is 36.4 Å². The molecule has 0 N–H and O–H groups in total. The predicted octanol–water partition coefficient (Wildman–Crippen LogP) is 4.30. The van der Waals surface area contributed by atoms with E-state index in [9.17, 15) is 0 Å². The van der Waals surface area contributed by atoms with E-state index in [1.165, 1.54) is 29.5 Å². The summed E-state index contributed by atoms with van der Waals surface area (Å²) in [6.45, 7) is 3.70. The molecule has 1 aromatic carbocycles. The van der Waals surface area contributed by atoms with E-state index in [2.05, 4.69) is 52.4 Å². The molecule has 0 amide bonds. The van der Waals surface area contributed by atoms with Gasteiger partial charge in [0.05, 0.1) is 6.61 Å². The molecule has 2 aromatic rings. The first kappa shape index (κ1) is 15.4. The van der Waals surface area contributed by atoms with Gasteiger partial charge in [0.1, 0.15) is 0 Å². The number of hydrogen-bond acceptors (Lipinski definition) is 3. The maximum Gasteiger partial charge on any atom is 0.213 e. The average molecular weight is 320 g/mol. The second kappa shape index (κ2) is 6.78. The largest absolute Gasteiger partial charge is 0.478 e. The lowest BCUT2D eigenvalue weighted by atomic mass is 9.95. The van der Waals surface area contributed by atoms with Crippen molar-refractivity contribution in [1.82, 2.24) is 9.88 Å². The summed E-state index contributed by atoms with van der Waals surface area (Å²) in [7, 11) is 0. The lowest BCUT2D eigenvalue weighted by Crippen LogP contribution is -2.37. The van der Waals surface area contributed by atoms with E-state index in [4.69, 9.17) is 4.74 Å². The Labute approximate surface area is 144 Å². The first-order chi connectivity index (χ1) is 11.8. The maximum atomic E-state index is 5.45. The van der Waals surface area contributed by atoms with Gasteiger partial charge in [-0.05, 0) is 49.0 Å². The normalized spacial score (nSPS) is 23.1. The summed E-state index contributed by atoms with van der Waals surface area (Å²) in [4.78, 5) is 7.09. The second-order valence-electron chi connectivity index (χ2n) is 6.67. The van der Waals surface area contributed by atoms with Crippen molar-refractivity contribution in [3.8, 4) is 5.88 Å². The van der Waals surface area contributed by atoms with Crippen molar-refractivity contribution in [1.29, 1.82) is 0 Å². The van der Waals surface area contributed by atoms with Crippen molar-refractivity contribution in [2.24, 2.45) is 0 Å². The fourth-order valence-electron chi connectivity index (χ4n) is 3.98. The van der Waals surface area contributed by atoms with Crippen LogP contribution in [0.3, 0.4) is 0 Å². The molecule has 2 aliphatic heterocycles. The van der Waals surface area contributed by atoms with E-state index < -0.39 is 0 Å². The molecular weight excluding hydrogens is 296 g/mol. The highest BCUT2D eigenvalue weighted by Crippen LogP contribution is 2.39. The molecule has 2 unspecified atom stereocenters. The minimum Gasteiger partial charge on any atom is -0.478 e. The van der Waals surface area contributed by atoms with Gasteiger partial charge in [0.25, 0.3) is 0 Å². The molecule has 2 atom stereocenters. The molecule has 0 aliphatic carbocycles. The van der Waals surface area contributed by atoms with Crippen LogP contribution in [0.2, 0.25) is 0 Å². The van der Waals surface area contributed by atoms with Crippen LogP contribution >= 0.6 is 0 Å². The number of rotatable bonds is 5. The Morgan fingerprint density at radius 3 is 2.71 bits per heavy atom. The molecule has 3 heteroatoms. The van der Waals surface area contributed by atoms with E-state index >= 15 is 0 Å². The third-order valence-electron chi connectivity index (χ3n) is 5.15. The summed E-state index contributed by atoms with van der Waals surface area (Å²) in [5, 5.41) is 0. The van der Waals surface area contributed by atoms with Crippen LogP contribution in [0, 0.1) is 0 Å². The van der Waals surface area contributed by atoms with Crippen molar-refractivity contribution < 1.29 is 4.74 Å². The molecular formula is C21H24N2O. The van der Waals surface area contributed by atoms with Gasteiger partial charge in [0.2, 0.25) is 5.88 Å². The summed E-state index contributed by atoms with van der Waals surface area (Å²) in [5.74, 6) is 0.714. The molecule has 0 spiro atoms. The zero-order chi connectivity index (χ0) is 16.4. The zero-order valence-corrected chi connectivity index (χ0v) is 14.2. The molecule has 0 radical (unpaired) electrons. The minimum atomic E-state index is 0.561. The quantitative estimate of drug-likeness (QED) is 0.821. The fraction of sp³-hybridized carbons (Fsp3) is 0.381. The monoisotopic (exact) mass is 320 g/mol. The molecule has 124 valence electrons. The molecule has 1 aromatic heterocycles. The predicted molar refractivity (Wildman–Crippen MR) is 96.8 cm³/mol. The van der Waals surface area contributed by atoms with Crippen molar-refractivity contribution in [2.75, 3.05) is 6.61 Å². The molecule has 2 bridgehead atoms. The number of nitrogens with zero attached hydrogens (tertiary/aromatic N) is 2. The summed E-state index contributed by atoms with van der Waals surface area (Å²) in [5.41, 5.74) is 4.10. The van der Waals surface area contributed by atoms with Gasteiger partial charge in [-0.25, -0.2) is 4.98 Å². The van der Waals surface area contributed by atoms with Gasteiger partial charge in [-0.15, -0.1) is 0 Å². The van der Waals surface area contributed by atoms with Crippen LogP contribution in [0.15, 0.2) is 54.7 Å². The molecule has 0 saturated carbocycles. The van der Waals surface area contributed by atoms with Crippen molar-refractivity contribution in [2.45, 2.75) is 44.8 Å². The highest BCUT2D eigenvalue weighted by molar-refractivity contribution is 5.67. The van der Waals surface area contributed by atoms with Gasteiger partial charge in [0.15, 0.2) is 0 Å². The van der Waals surface area contributed by atoms with Gasteiger partial charge < -0.3 is 4.74 Å². The summed E-state index contributed by atoms with van der Waals surface area (Å²) in [6.07, 6.45) is 8.11. The highest BCUT2D eigenvalue weighted by atomic mass is 16.5. The first-order valence-corrected chi connectivity index (χ1v) is 8.93. The SMILES string of the molecule is CCOc1ccc(C2=CC3CCC(C2)N3Cc2ccccc2)cn1. The van der Waals surface area contributed by atoms with Crippen LogP contribution in [0.5, 0.6) is 5.88 Å². The van der Waals surface area contributed by atoms with Gasteiger partial charge >= 0.3 is 0 Å². The van der Waals surface area contributed by atoms with Gasteiger partial charge in [-0.3, -0.25) is 4.90 Å². The summed E-state index contributed by atoms with van der Waals surface area (Å²) >= 11 is 0. The Morgan fingerprint density at radius 2 is 2.00 bits per heavy atom. The summed E-state index contributed by atoms with van der Waals surface area (Å²) < 4.78 is 5.45. The average Bonchev–Trinajstić information content (AvgIpc) is 2.85.